The van der Waals surface area contributed by atoms with Gasteiger partial charge in [-0.3, -0.25) is 0 Å². The van der Waals surface area contributed by atoms with Crippen LogP contribution >= 0.6 is 0 Å². The second kappa shape index (κ2) is 4.11. The largest absolute Gasteiger partial charge is 0.399 e. The van der Waals surface area contributed by atoms with E-state index >= 15 is 0 Å². The zero-order valence-electron chi connectivity index (χ0n) is 9.29. The Morgan fingerprint density at radius 2 is 2.13 bits per heavy atom. The van der Waals surface area contributed by atoms with Crippen molar-refractivity contribution in [3.63, 3.8) is 0 Å². The van der Waals surface area contributed by atoms with Gasteiger partial charge in [0.2, 0.25) is 0 Å². The smallest absolute Gasteiger partial charge is 0.0610 e. The van der Waals surface area contributed by atoms with E-state index in [1.807, 2.05) is 18.2 Å². The van der Waals surface area contributed by atoms with Gasteiger partial charge in [-0.05, 0) is 43.5 Å². The molecule has 1 saturated carbocycles. The number of ether oxygens (including phenoxy) is 1. The minimum atomic E-state index is 0.441. The first-order valence-corrected chi connectivity index (χ1v) is 5.34. The maximum absolute atomic E-state index is 5.70. The lowest BCUT2D eigenvalue weighted by Crippen LogP contribution is -2.40. The topological polar surface area (TPSA) is 47.3 Å². The quantitative estimate of drug-likeness (QED) is 0.745. The molecule has 0 heterocycles. The molecule has 0 spiro atoms. The number of nitrogens with one attached hydrogen (secondary N) is 1. The van der Waals surface area contributed by atoms with Crippen molar-refractivity contribution >= 4 is 11.4 Å². The average molecular weight is 206 g/mol. The van der Waals surface area contributed by atoms with Gasteiger partial charge < -0.3 is 15.8 Å². The van der Waals surface area contributed by atoms with Crippen molar-refractivity contribution in [3.8, 4) is 0 Å². The van der Waals surface area contributed by atoms with Crippen LogP contribution < -0.4 is 11.1 Å². The third kappa shape index (κ3) is 2.23. The molecule has 1 aromatic carbocycles. The summed E-state index contributed by atoms with van der Waals surface area (Å²) in [6.07, 6.45) is 2.64. The molecular weight excluding hydrogens is 188 g/mol. The second-order valence-corrected chi connectivity index (χ2v) is 4.24. The molecule has 1 aromatic rings. The number of hydrogen-bond acceptors (Lipinski definition) is 3. The molecule has 0 radical (unpaired) electrons. The van der Waals surface area contributed by atoms with Crippen molar-refractivity contribution in [1.82, 2.24) is 0 Å². The fourth-order valence-electron chi connectivity index (χ4n) is 1.94. The zero-order chi connectivity index (χ0) is 10.8. The summed E-state index contributed by atoms with van der Waals surface area (Å²) in [5.74, 6) is 0. The summed E-state index contributed by atoms with van der Waals surface area (Å²) in [5.41, 5.74) is 8.91. The van der Waals surface area contributed by atoms with E-state index in [9.17, 15) is 0 Å². The van der Waals surface area contributed by atoms with Crippen LogP contribution in [-0.2, 0) is 4.74 Å². The van der Waals surface area contributed by atoms with Crippen molar-refractivity contribution < 1.29 is 4.74 Å². The number of anilines is 2. The van der Waals surface area contributed by atoms with Gasteiger partial charge in [-0.25, -0.2) is 0 Å². The number of aryl methyl sites for hydroxylation is 1. The van der Waals surface area contributed by atoms with Crippen LogP contribution in [0.5, 0.6) is 0 Å². The summed E-state index contributed by atoms with van der Waals surface area (Å²) < 4.78 is 5.24. The van der Waals surface area contributed by atoms with E-state index in [1.54, 1.807) is 7.11 Å². The predicted molar refractivity (Wildman–Crippen MR) is 63.0 cm³/mol. The van der Waals surface area contributed by atoms with Crippen LogP contribution in [0.2, 0.25) is 0 Å². The highest BCUT2D eigenvalue weighted by Gasteiger charge is 2.28. The molecule has 0 amide bonds. The van der Waals surface area contributed by atoms with Crippen molar-refractivity contribution in [2.75, 3.05) is 18.2 Å². The van der Waals surface area contributed by atoms with Gasteiger partial charge in [0.25, 0.3) is 0 Å². The number of benzene rings is 1. The average Bonchev–Trinajstić information content (AvgIpc) is 2.13. The van der Waals surface area contributed by atoms with Gasteiger partial charge in [0.15, 0.2) is 0 Å². The van der Waals surface area contributed by atoms with E-state index in [1.165, 1.54) is 11.3 Å². The predicted octanol–water partition coefficient (Wildman–Crippen LogP) is 2.17. The third-order valence-corrected chi connectivity index (χ3v) is 3.04. The lowest BCUT2D eigenvalue weighted by molar-refractivity contribution is 0.0328. The Morgan fingerprint density at radius 1 is 1.40 bits per heavy atom. The summed E-state index contributed by atoms with van der Waals surface area (Å²) in [7, 11) is 1.77. The summed E-state index contributed by atoms with van der Waals surface area (Å²) in [6, 6.07) is 6.53. The van der Waals surface area contributed by atoms with E-state index < -0.39 is 0 Å². The third-order valence-electron chi connectivity index (χ3n) is 3.04. The van der Waals surface area contributed by atoms with Crippen molar-refractivity contribution in [2.45, 2.75) is 31.9 Å². The standard InChI is InChI=1S/C12H18N2O/c1-8-5-9(13)3-4-12(8)14-10-6-11(7-10)15-2/h3-5,10-11,14H,6-7,13H2,1-2H3. The van der Waals surface area contributed by atoms with Crippen LogP contribution in [0.3, 0.4) is 0 Å². The molecule has 0 bridgehead atoms. The van der Waals surface area contributed by atoms with Gasteiger partial charge in [-0.1, -0.05) is 0 Å². The van der Waals surface area contributed by atoms with Crippen LogP contribution in [-0.4, -0.2) is 19.3 Å². The number of nitrogen functional groups attached to an aromatic ring is 1. The fourth-order valence-corrected chi connectivity index (χ4v) is 1.94. The van der Waals surface area contributed by atoms with Gasteiger partial charge in [-0.2, -0.15) is 0 Å². The molecule has 0 unspecified atom stereocenters. The van der Waals surface area contributed by atoms with Gasteiger partial charge in [0.05, 0.1) is 6.10 Å². The maximum atomic E-state index is 5.70. The molecule has 0 atom stereocenters. The first kappa shape index (κ1) is 10.3. The highest BCUT2D eigenvalue weighted by atomic mass is 16.5. The Kier molecular flexibility index (Phi) is 2.82. The molecule has 3 nitrogen and oxygen atoms in total. The van der Waals surface area contributed by atoms with Crippen LogP contribution in [0.1, 0.15) is 18.4 Å². The molecule has 15 heavy (non-hydrogen) atoms. The molecule has 3 N–H and O–H groups in total. The van der Waals surface area contributed by atoms with E-state index in [0.29, 0.717) is 12.1 Å². The molecular formula is C12H18N2O. The van der Waals surface area contributed by atoms with Crippen LogP contribution in [0.4, 0.5) is 11.4 Å². The van der Waals surface area contributed by atoms with E-state index in [4.69, 9.17) is 10.5 Å². The molecule has 1 aliphatic carbocycles. The first-order chi connectivity index (χ1) is 7.19. The number of hydrogen-bond donors (Lipinski definition) is 2. The number of methoxy groups -OCH3 is 1. The summed E-state index contributed by atoms with van der Waals surface area (Å²) in [4.78, 5) is 0. The highest BCUT2D eigenvalue weighted by molar-refractivity contribution is 5.58. The molecule has 3 heteroatoms. The number of rotatable bonds is 3. The second-order valence-electron chi connectivity index (χ2n) is 4.24. The summed E-state index contributed by atoms with van der Waals surface area (Å²) in [5, 5.41) is 3.50. The Hall–Kier alpha value is -1.22. The minimum absolute atomic E-state index is 0.441. The van der Waals surface area contributed by atoms with Crippen LogP contribution in [0.15, 0.2) is 18.2 Å². The van der Waals surface area contributed by atoms with E-state index in [2.05, 4.69) is 12.2 Å². The summed E-state index contributed by atoms with van der Waals surface area (Å²) >= 11 is 0. The monoisotopic (exact) mass is 206 g/mol. The van der Waals surface area contributed by atoms with Crippen molar-refractivity contribution in [3.05, 3.63) is 23.8 Å². The molecule has 0 aromatic heterocycles. The Bertz CT molecular complexity index is 345. The Balaban J connectivity index is 1.94. The van der Waals surface area contributed by atoms with Gasteiger partial charge in [0, 0.05) is 24.5 Å². The highest BCUT2D eigenvalue weighted by Crippen LogP contribution is 2.28. The molecule has 0 saturated heterocycles. The Labute approximate surface area is 90.6 Å². The fraction of sp³-hybridized carbons (Fsp3) is 0.500. The molecule has 1 aliphatic rings. The summed E-state index contributed by atoms with van der Waals surface area (Å²) in [6.45, 7) is 2.07. The van der Waals surface area contributed by atoms with Crippen molar-refractivity contribution in [1.29, 1.82) is 0 Å². The lowest BCUT2D eigenvalue weighted by Gasteiger charge is -2.35. The first-order valence-electron chi connectivity index (χ1n) is 5.34. The SMILES string of the molecule is COC1CC(Nc2ccc(N)cc2C)C1. The zero-order valence-corrected chi connectivity index (χ0v) is 9.29. The normalized spacial score (nSPS) is 24.7. The number of nitrogens with two attached hydrogens (primary N) is 1. The van der Waals surface area contributed by atoms with Gasteiger partial charge in [-0.15, -0.1) is 0 Å². The molecule has 1 fully saturated rings. The lowest BCUT2D eigenvalue weighted by atomic mass is 9.89. The van der Waals surface area contributed by atoms with Crippen LogP contribution in [0.25, 0.3) is 0 Å². The molecule has 0 aliphatic heterocycles. The maximum Gasteiger partial charge on any atom is 0.0610 e. The van der Waals surface area contributed by atoms with E-state index in [-0.39, 0.29) is 0 Å². The van der Waals surface area contributed by atoms with E-state index in [0.717, 1.165) is 18.5 Å². The minimum Gasteiger partial charge on any atom is -0.399 e. The van der Waals surface area contributed by atoms with Crippen LogP contribution in [0, 0.1) is 6.92 Å². The molecule has 2 rings (SSSR count). The van der Waals surface area contributed by atoms with Gasteiger partial charge >= 0.3 is 0 Å². The Morgan fingerprint density at radius 3 is 2.73 bits per heavy atom. The van der Waals surface area contributed by atoms with Crippen molar-refractivity contribution in [2.24, 2.45) is 0 Å². The van der Waals surface area contributed by atoms with Gasteiger partial charge in [0.1, 0.15) is 0 Å². The molecule has 82 valence electrons.